The number of carbonyl (C=O) groups excluding carboxylic acids is 1. The van der Waals surface area contributed by atoms with Crippen molar-refractivity contribution in [2.75, 3.05) is 0 Å². The van der Waals surface area contributed by atoms with Crippen molar-refractivity contribution in [2.24, 2.45) is 0 Å². The van der Waals surface area contributed by atoms with Crippen molar-refractivity contribution in [3.05, 3.63) is 57.7 Å². The Balaban J connectivity index is 1.60. The van der Waals surface area contributed by atoms with E-state index in [0.29, 0.717) is 24.3 Å². The van der Waals surface area contributed by atoms with Crippen molar-refractivity contribution in [1.29, 1.82) is 0 Å². The number of aromatic amines is 1. The van der Waals surface area contributed by atoms with Crippen molar-refractivity contribution in [2.45, 2.75) is 26.4 Å². The number of nitrogens with zero attached hydrogens (tertiary/aromatic N) is 2. The lowest BCUT2D eigenvalue weighted by atomic mass is 10.1. The summed E-state index contributed by atoms with van der Waals surface area (Å²) >= 11 is 6.87. The van der Waals surface area contributed by atoms with Gasteiger partial charge in [-0.15, -0.1) is 11.3 Å². The van der Waals surface area contributed by atoms with Crippen LogP contribution < -0.4 is 5.32 Å². The van der Waals surface area contributed by atoms with E-state index < -0.39 is 0 Å². The summed E-state index contributed by atoms with van der Waals surface area (Å²) in [7, 11) is 0. The molecule has 0 aliphatic carbocycles. The zero-order valence-corrected chi connectivity index (χ0v) is 14.9. The van der Waals surface area contributed by atoms with E-state index in [2.05, 4.69) is 15.5 Å². The van der Waals surface area contributed by atoms with Crippen LogP contribution in [0.5, 0.6) is 0 Å². The largest absolute Gasteiger partial charge is 0.352 e. The van der Waals surface area contributed by atoms with Gasteiger partial charge in [0.25, 0.3) is 0 Å². The van der Waals surface area contributed by atoms with Crippen LogP contribution in [0.4, 0.5) is 0 Å². The maximum absolute atomic E-state index is 12.1. The molecule has 0 unspecified atom stereocenters. The second-order valence-electron chi connectivity index (χ2n) is 5.43. The van der Waals surface area contributed by atoms with Gasteiger partial charge in [0.05, 0.1) is 4.88 Å². The summed E-state index contributed by atoms with van der Waals surface area (Å²) in [5.74, 6) is 0.778. The summed E-state index contributed by atoms with van der Waals surface area (Å²) in [5.41, 5.74) is 2.31. The van der Waals surface area contributed by atoms with Crippen LogP contribution in [0.3, 0.4) is 0 Å². The molecule has 0 fully saturated rings. The minimum Gasteiger partial charge on any atom is -0.352 e. The first-order chi connectivity index (χ1) is 11.6. The van der Waals surface area contributed by atoms with E-state index in [-0.39, 0.29) is 5.91 Å². The smallest absolute Gasteiger partial charge is 0.222 e. The molecule has 0 spiro atoms. The molecule has 124 valence electrons. The molecular weight excluding hydrogens is 340 g/mol. The van der Waals surface area contributed by atoms with E-state index in [1.54, 1.807) is 11.3 Å². The molecule has 0 aliphatic heterocycles. The molecule has 0 atom stereocenters. The third-order valence-electron chi connectivity index (χ3n) is 3.80. The van der Waals surface area contributed by atoms with Gasteiger partial charge in [-0.3, -0.25) is 14.5 Å². The lowest BCUT2D eigenvalue weighted by Crippen LogP contribution is -2.24. The van der Waals surface area contributed by atoms with Crippen LogP contribution in [0.25, 0.3) is 10.7 Å². The highest BCUT2D eigenvalue weighted by molar-refractivity contribution is 7.71. The summed E-state index contributed by atoms with van der Waals surface area (Å²) in [5, 5.41) is 12.0. The van der Waals surface area contributed by atoms with E-state index in [4.69, 9.17) is 12.2 Å². The first kappa shape index (κ1) is 16.6. The third-order valence-corrected chi connectivity index (χ3v) is 4.98. The number of benzene rings is 1. The summed E-state index contributed by atoms with van der Waals surface area (Å²) in [4.78, 5) is 13.2. The number of hydrogen-bond donors (Lipinski definition) is 2. The molecule has 0 bridgehead atoms. The Morgan fingerprint density at radius 3 is 2.92 bits per heavy atom. The van der Waals surface area contributed by atoms with E-state index in [1.807, 2.05) is 53.3 Å². The van der Waals surface area contributed by atoms with Crippen molar-refractivity contribution in [3.63, 3.8) is 0 Å². The van der Waals surface area contributed by atoms with Crippen LogP contribution >= 0.6 is 23.6 Å². The molecule has 2 heterocycles. The monoisotopic (exact) mass is 358 g/mol. The molecule has 2 aromatic heterocycles. The summed E-state index contributed by atoms with van der Waals surface area (Å²) in [6.45, 7) is 3.09. The fraction of sp³-hybridized carbons (Fsp3) is 0.235. The molecule has 0 saturated carbocycles. The minimum absolute atomic E-state index is 0.00140. The highest BCUT2D eigenvalue weighted by atomic mass is 32.1. The Hall–Kier alpha value is -2.25. The van der Waals surface area contributed by atoms with Gasteiger partial charge >= 0.3 is 0 Å². The number of rotatable bonds is 6. The van der Waals surface area contributed by atoms with Gasteiger partial charge in [-0.2, -0.15) is 5.10 Å². The zero-order valence-electron chi connectivity index (χ0n) is 13.3. The van der Waals surface area contributed by atoms with Gasteiger partial charge < -0.3 is 5.32 Å². The van der Waals surface area contributed by atoms with Crippen molar-refractivity contribution < 1.29 is 4.79 Å². The lowest BCUT2D eigenvalue weighted by molar-refractivity contribution is -0.121. The number of H-pyrrole nitrogens is 1. The number of nitrogens with one attached hydrogen (secondary N) is 2. The molecule has 0 radical (unpaired) electrons. The highest BCUT2D eigenvalue weighted by Gasteiger charge is 2.11. The summed E-state index contributed by atoms with van der Waals surface area (Å²) in [6, 6.07) is 12.0. The van der Waals surface area contributed by atoms with Gasteiger partial charge in [-0.05, 0) is 41.7 Å². The maximum Gasteiger partial charge on any atom is 0.222 e. The molecular formula is C17H18N4OS2. The zero-order chi connectivity index (χ0) is 16.9. The SMILES string of the molecule is Cc1ccccc1CNC(=O)CCn1c(-c2cccs2)n[nH]c1=S. The second-order valence-corrected chi connectivity index (χ2v) is 6.77. The Kier molecular flexibility index (Phi) is 5.22. The molecule has 7 heteroatoms. The van der Waals surface area contributed by atoms with E-state index in [9.17, 15) is 4.79 Å². The van der Waals surface area contributed by atoms with Crippen LogP contribution in [0.1, 0.15) is 17.5 Å². The third kappa shape index (κ3) is 3.80. The fourth-order valence-electron chi connectivity index (χ4n) is 2.42. The first-order valence-electron chi connectivity index (χ1n) is 7.65. The minimum atomic E-state index is -0.00140. The van der Waals surface area contributed by atoms with Crippen LogP contribution in [0.2, 0.25) is 0 Å². The fourth-order valence-corrected chi connectivity index (χ4v) is 3.37. The number of thiophene rings is 1. The second kappa shape index (κ2) is 7.55. The van der Waals surface area contributed by atoms with Crippen molar-refractivity contribution >= 4 is 29.5 Å². The van der Waals surface area contributed by atoms with E-state index >= 15 is 0 Å². The topological polar surface area (TPSA) is 62.7 Å². The van der Waals surface area contributed by atoms with Gasteiger partial charge in [-0.25, -0.2) is 0 Å². The molecule has 1 amide bonds. The number of carbonyl (C=O) groups is 1. The van der Waals surface area contributed by atoms with Gasteiger partial charge in [0.1, 0.15) is 0 Å². The Morgan fingerprint density at radius 1 is 1.33 bits per heavy atom. The van der Waals surface area contributed by atoms with Gasteiger partial charge in [-0.1, -0.05) is 30.3 Å². The van der Waals surface area contributed by atoms with Crippen LogP contribution in [0, 0.1) is 11.7 Å². The van der Waals surface area contributed by atoms with Crippen LogP contribution in [-0.4, -0.2) is 20.7 Å². The molecule has 1 aromatic carbocycles. The number of hydrogen-bond acceptors (Lipinski definition) is 4. The average molecular weight is 358 g/mol. The Labute approximate surface area is 149 Å². The predicted molar refractivity (Wildman–Crippen MR) is 98.4 cm³/mol. The van der Waals surface area contributed by atoms with Gasteiger partial charge in [0, 0.05) is 19.5 Å². The molecule has 24 heavy (non-hydrogen) atoms. The molecule has 3 aromatic rings. The summed E-state index contributed by atoms with van der Waals surface area (Å²) in [6.07, 6.45) is 0.359. The molecule has 0 aliphatic rings. The Morgan fingerprint density at radius 2 is 2.17 bits per heavy atom. The van der Waals surface area contributed by atoms with Crippen molar-refractivity contribution in [3.8, 4) is 10.7 Å². The standard InChI is InChI=1S/C17H18N4OS2/c1-12-5-2-3-6-13(12)11-18-15(22)8-9-21-16(19-20-17(21)23)14-7-4-10-24-14/h2-7,10H,8-9,11H2,1H3,(H,18,22)(H,20,23). The normalized spacial score (nSPS) is 10.7. The Bertz CT molecular complexity index is 880. The number of amides is 1. The molecule has 0 saturated heterocycles. The van der Waals surface area contributed by atoms with Crippen molar-refractivity contribution in [1.82, 2.24) is 20.1 Å². The number of aromatic nitrogens is 3. The average Bonchev–Trinajstić information content (AvgIpc) is 3.22. The predicted octanol–water partition coefficient (Wildman–Crippen LogP) is 3.68. The highest BCUT2D eigenvalue weighted by Crippen LogP contribution is 2.22. The van der Waals surface area contributed by atoms with Gasteiger partial charge in [0.2, 0.25) is 5.91 Å². The van der Waals surface area contributed by atoms with Gasteiger partial charge in [0.15, 0.2) is 10.6 Å². The molecule has 2 N–H and O–H groups in total. The first-order valence-corrected chi connectivity index (χ1v) is 8.94. The van der Waals surface area contributed by atoms with E-state index in [1.165, 1.54) is 5.56 Å². The summed E-state index contributed by atoms with van der Waals surface area (Å²) < 4.78 is 2.40. The molecule has 3 rings (SSSR count). The maximum atomic E-state index is 12.1. The van der Waals surface area contributed by atoms with Crippen LogP contribution in [0.15, 0.2) is 41.8 Å². The van der Waals surface area contributed by atoms with E-state index in [0.717, 1.165) is 16.3 Å². The van der Waals surface area contributed by atoms with Crippen LogP contribution in [-0.2, 0) is 17.9 Å². The lowest BCUT2D eigenvalue weighted by Gasteiger charge is -2.09. The number of aryl methyl sites for hydroxylation is 1. The quantitative estimate of drug-likeness (QED) is 0.661. The molecule has 5 nitrogen and oxygen atoms in total.